The number of hydrogen-bond acceptors (Lipinski definition) is 8. The number of aromatic nitrogens is 4. The van der Waals surface area contributed by atoms with E-state index >= 15 is 0 Å². The van der Waals surface area contributed by atoms with E-state index in [-0.39, 0.29) is 16.4 Å². The highest BCUT2D eigenvalue weighted by Crippen LogP contribution is 2.32. The van der Waals surface area contributed by atoms with E-state index in [1.807, 2.05) is 49.4 Å². The molecule has 1 atom stereocenters. The second kappa shape index (κ2) is 9.88. The maximum atomic E-state index is 13.7. The number of para-hydroxylation sites is 1. The third-order valence-corrected chi connectivity index (χ3v) is 7.49. The highest BCUT2D eigenvalue weighted by molar-refractivity contribution is 7.90. The average Bonchev–Trinajstić information content (AvgIpc) is 2.88. The Labute approximate surface area is 223 Å². The predicted molar refractivity (Wildman–Crippen MR) is 149 cm³/mol. The molecule has 0 aliphatic carbocycles. The van der Waals surface area contributed by atoms with Gasteiger partial charge < -0.3 is 11.1 Å². The molecule has 0 bridgehead atoms. The van der Waals surface area contributed by atoms with Crippen molar-refractivity contribution >= 4 is 44.0 Å². The summed E-state index contributed by atoms with van der Waals surface area (Å²) in [5.74, 6) is 0.386. The summed E-state index contributed by atoms with van der Waals surface area (Å²) in [4.78, 5) is 26.4. The Morgan fingerprint density at radius 1 is 1.03 bits per heavy atom. The van der Waals surface area contributed by atoms with Crippen LogP contribution >= 0.6 is 11.6 Å². The van der Waals surface area contributed by atoms with E-state index < -0.39 is 15.9 Å². The number of pyridine rings is 2. The first-order chi connectivity index (χ1) is 18.1. The molecule has 38 heavy (non-hydrogen) atoms. The van der Waals surface area contributed by atoms with Gasteiger partial charge in [0.1, 0.15) is 5.82 Å². The largest absolute Gasteiger partial charge is 0.368 e. The minimum absolute atomic E-state index is 0.0291. The van der Waals surface area contributed by atoms with Crippen molar-refractivity contribution in [1.82, 2.24) is 19.5 Å². The highest BCUT2D eigenvalue weighted by Gasteiger charge is 2.20. The van der Waals surface area contributed by atoms with Gasteiger partial charge >= 0.3 is 0 Å². The van der Waals surface area contributed by atoms with Crippen molar-refractivity contribution in [3.05, 3.63) is 100 Å². The number of hydrogen-bond donors (Lipinski definition) is 2. The van der Waals surface area contributed by atoms with Crippen LogP contribution in [0.4, 0.5) is 11.8 Å². The molecule has 0 aliphatic heterocycles. The first kappa shape index (κ1) is 25.4. The molecule has 5 rings (SSSR count). The summed E-state index contributed by atoms with van der Waals surface area (Å²) < 4.78 is 25.8. The molecule has 3 heterocycles. The topological polar surface area (TPSA) is 133 Å². The number of nitrogens with zero attached hydrogens (tertiary/aromatic N) is 4. The van der Waals surface area contributed by atoms with Crippen LogP contribution in [0.1, 0.15) is 18.7 Å². The second-order valence-corrected chi connectivity index (χ2v) is 11.2. The van der Waals surface area contributed by atoms with Crippen LogP contribution in [0.2, 0.25) is 5.02 Å². The van der Waals surface area contributed by atoms with Crippen LogP contribution < -0.4 is 16.6 Å². The molecular weight excluding hydrogens is 524 g/mol. The van der Waals surface area contributed by atoms with E-state index in [0.29, 0.717) is 44.1 Å². The summed E-state index contributed by atoms with van der Waals surface area (Å²) in [5.41, 5.74) is 7.98. The number of sulfone groups is 1. The molecule has 5 aromatic rings. The SMILES string of the molecule is C[C@H](Nc1nc(N)ncc1-c1cncc(S(C)(=O)=O)c1)c1cc2cccc(Cl)c2c(=O)n1-c1ccccc1. The number of fused-ring (bicyclic) bond motifs is 1. The molecule has 0 saturated heterocycles. The van der Waals surface area contributed by atoms with Crippen molar-refractivity contribution in [1.29, 1.82) is 0 Å². The van der Waals surface area contributed by atoms with Crippen molar-refractivity contribution in [3.8, 4) is 16.8 Å². The third kappa shape index (κ3) is 4.83. The third-order valence-electron chi connectivity index (χ3n) is 6.10. The molecule has 11 heteroatoms. The molecule has 192 valence electrons. The number of nitrogens with one attached hydrogen (secondary N) is 1. The van der Waals surface area contributed by atoms with Crippen LogP contribution in [0.3, 0.4) is 0 Å². The summed E-state index contributed by atoms with van der Waals surface area (Å²) in [5, 5.41) is 4.83. The lowest BCUT2D eigenvalue weighted by Crippen LogP contribution is -2.26. The number of anilines is 2. The maximum absolute atomic E-state index is 13.7. The van der Waals surface area contributed by atoms with Crippen LogP contribution in [0, 0.1) is 0 Å². The van der Waals surface area contributed by atoms with E-state index in [2.05, 4.69) is 20.3 Å². The van der Waals surface area contributed by atoms with Crippen molar-refractivity contribution in [2.45, 2.75) is 17.9 Å². The molecule has 0 amide bonds. The molecule has 3 aromatic heterocycles. The highest BCUT2D eigenvalue weighted by atomic mass is 35.5. The summed E-state index contributed by atoms with van der Waals surface area (Å²) in [6.07, 6.45) is 5.43. The smallest absolute Gasteiger partial charge is 0.264 e. The minimum Gasteiger partial charge on any atom is -0.368 e. The van der Waals surface area contributed by atoms with Crippen LogP contribution in [-0.4, -0.2) is 34.2 Å². The van der Waals surface area contributed by atoms with Gasteiger partial charge in [-0.3, -0.25) is 14.3 Å². The summed E-state index contributed by atoms with van der Waals surface area (Å²) in [7, 11) is -3.48. The standard InChI is InChI=1S/C27H23ClN6O3S/c1-16(32-25-21(15-31-27(29)33-25)18-11-20(14-30-13-18)38(2,36)37)23-12-17-7-6-10-22(28)24(17)26(35)34(23)19-8-4-3-5-9-19/h3-16H,1-2H3,(H3,29,31,32,33)/t16-/m0/s1. The second-order valence-electron chi connectivity index (χ2n) is 8.79. The zero-order valence-corrected chi connectivity index (χ0v) is 22.0. The molecule has 9 nitrogen and oxygen atoms in total. The van der Waals surface area contributed by atoms with Gasteiger partial charge in [-0.2, -0.15) is 4.98 Å². The van der Waals surface area contributed by atoms with Gasteiger partial charge in [0.15, 0.2) is 9.84 Å². The number of benzene rings is 2. The van der Waals surface area contributed by atoms with Gasteiger partial charge in [0.25, 0.3) is 5.56 Å². The molecular formula is C27H23ClN6O3S. The summed E-state index contributed by atoms with van der Waals surface area (Å²) in [6, 6.07) is 17.5. The fourth-order valence-electron chi connectivity index (χ4n) is 4.27. The molecule has 0 spiro atoms. The fourth-order valence-corrected chi connectivity index (χ4v) is 5.12. The lowest BCUT2D eigenvalue weighted by molar-refractivity contribution is 0.601. The normalized spacial score (nSPS) is 12.4. The van der Waals surface area contributed by atoms with Gasteiger partial charge in [-0.05, 0) is 42.6 Å². The zero-order valence-electron chi connectivity index (χ0n) is 20.5. The van der Waals surface area contributed by atoms with Crippen LogP contribution in [0.25, 0.3) is 27.6 Å². The summed E-state index contributed by atoms with van der Waals surface area (Å²) >= 11 is 6.43. The quantitative estimate of drug-likeness (QED) is 0.314. The molecule has 3 N–H and O–H groups in total. The van der Waals surface area contributed by atoms with Crippen LogP contribution in [-0.2, 0) is 9.84 Å². The van der Waals surface area contributed by atoms with E-state index in [9.17, 15) is 13.2 Å². The first-order valence-electron chi connectivity index (χ1n) is 11.6. The van der Waals surface area contributed by atoms with Gasteiger partial charge in [-0.15, -0.1) is 0 Å². The molecule has 0 fully saturated rings. The van der Waals surface area contributed by atoms with Crippen molar-refractivity contribution in [2.24, 2.45) is 0 Å². The van der Waals surface area contributed by atoms with E-state index in [4.69, 9.17) is 17.3 Å². The predicted octanol–water partition coefficient (Wildman–Crippen LogP) is 4.65. The summed E-state index contributed by atoms with van der Waals surface area (Å²) in [6.45, 7) is 1.89. The van der Waals surface area contributed by atoms with Crippen molar-refractivity contribution in [2.75, 3.05) is 17.3 Å². The Morgan fingerprint density at radius 3 is 2.53 bits per heavy atom. The van der Waals surface area contributed by atoms with E-state index in [1.165, 1.54) is 24.7 Å². The molecule has 0 saturated carbocycles. The zero-order chi connectivity index (χ0) is 27.0. The average molecular weight is 547 g/mol. The fraction of sp³-hybridized carbons (Fsp3) is 0.111. The lowest BCUT2D eigenvalue weighted by atomic mass is 10.1. The van der Waals surface area contributed by atoms with Crippen molar-refractivity contribution in [3.63, 3.8) is 0 Å². The number of halogens is 1. The molecule has 0 radical (unpaired) electrons. The van der Waals surface area contributed by atoms with Gasteiger partial charge in [0.05, 0.1) is 21.3 Å². The Morgan fingerprint density at radius 2 is 1.79 bits per heavy atom. The lowest BCUT2D eigenvalue weighted by Gasteiger charge is -2.22. The Bertz CT molecular complexity index is 1840. The minimum atomic E-state index is -3.48. The van der Waals surface area contributed by atoms with E-state index in [0.717, 1.165) is 6.26 Å². The monoisotopic (exact) mass is 546 g/mol. The Hall–Kier alpha value is -4.28. The van der Waals surface area contributed by atoms with Gasteiger partial charge in [-0.1, -0.05) is 41.9 Å². The molecule has 0 unspecified atom stereocenters. The Balaban J connectivity index is 1.66. The number of nitrogen functional groups attached to an aromatic ring is 1. The number of nitrogens with two attached hydrogens (primary N) is 1. The van der Waals surface area contributed by atoms with Gasteiger partial charge in [-0.25, -0.2) is 13.4 Å². The molecule has 2 aromatic carbocycles. The Kier molecular flexibility index (Phi) is 6.60. The van der Waals surface area contributed by atoms with Crippen molar-refractivity contribution < 1.29 is 8.42 Å². The van der Waals surface area contributed by atoms with Crippen LogP contribution in [0.15, 0.2) is 88.9 Å². The molecule has 0 aliphatic rings. The number of rotatable bonds is 6. The maximum Gasteiger partial charge on any atom is 0.264 e. The van der Waals surface area contributed by atoms with Crippen LogP contribution in [0.5, 0.6) is 0 Å². The van der Waals surface area contributed by atoms with Gasteiger partial charge in [0.2, 0.25) is 5.95 Å². The first-order valence-corrected chi connectivity index (χ1v) is 13.8. The van der Waals surface area contributed by atoms with Gasteiger partial charge in [0, 0.05) is 47.4 Å². The van der Waals surface area contributed by atoms with E-state index in [1.54, 1.807) is 16.7 Å².